The van der Waals surface area contributed by atoms with Crippen LogP contribution in [0.4, 0.5) is 5.69 Å². The number of amides is 2. The fourth-order valence-electron chi connectivity index (χ4n) is 5.17. The molecule has 162 valence electrons. The molecule has 1 aromatic carbocycles. The van der Waals surface area contributed by atoms with Crippen molar-refractivity contribution in [1.29, 1.82) is 0 Å². The molecule has 0 N–H and O–H groups in total. The Morgan fingerprint density at radius 1 is 1.23 bits per heavy atom. The van der Waals surface area contributed by atoms with E-state index in [0.717, 1.165) is 17.2 Å². The summed E-state index contributed by atoms with van der Waals surface area (Å²) in [4.78, 5) is 30.3. The van der Waals surface area contributed by atoms with Crippen LogP contribution in [0, 0.1) is 18.8 Å². The molecule has 2 amide bonds. The van der Waals surface area contributed by atoms with Crippen molar-refractivity contribution in [3.63, 3.8) is 0 Å². The Labute approximate surface area is 182 Å². The number of hydrogen-bond donors (Lipinski definition) is 0. The lowest BCUT2D eigenvalue weighted by molar-refractivity contribution is -0.139. The van der Waals surface area contributed by atoms with Gasteiger partial charge in [0.2, 0.25) is 11.8 Å². The maximum Gasteiger partial charge on any atom is 0.234 e. The molecule has 4 heterocycles. The summed E-state index contributed by atoms with van der Waals surface area (Å²) in [6.07, 6.45) is 3.58. The quantitative estimate of drug-likeness (QED) is 0.693. The number of ether oxygens (including phenoxy) is 1. The van der Waals surface area contributed by atoms with E-state index in [2.05, 4.69) is 26.0 Å². The van der Waals surface area contributed by atoms with Crippen molar-refractivity contribution in [2.45, 2.75) is 44.9 Å². The predicted octanol–water partition coefficient (Wildman–Crippen LogP) is 3.66. The zero-order chi connectivity index (χ0) is 21.9. The molecule has 6 heteroatoms. The van der Waals surface area contributed by atoms with Gasteiger partial charge >= 0.3 is 0 Å². The first-order chi connectivity index (χ1) is 14.8. The molecule has 1 spiro atoms. The SMILES string of the molecule is Cc1ccc(CN(C)C(=O)C2C3C(=O)N(c4ccc(C(C)C)cc4)C[C@]34C=C[C@H]2O4)o1. The van der Waals surface area contributed by atoms with Crippen molar-refractivity contribution in [2.75, 3.05) is 18.5 Å². The van der Waals surface area contributed by atoms with E-state index in [0.29, 0.717) is 19.0 Å². The molecule has 2 saturated heterocycles. The highest BCUT2D eigenvalue weighted by molar-refractivity contribution is 6.03. The number of benzene rings is 1. The Bertz CT molecular complexity index is 1050. The Morgan fingerprint density at radius 2 is 1.97 bits per heavy atom. The molecular formula is C25H28N2O4. The largest absolute Gasteiger partial charge is 0.464 e. The summed E-state index contributed by atoms with van der Waals surface area (Å²) in [7, 11) is 1.75. The summed E-state index contributed by atoms with van der Waals surface area (Å²) in [5.74, 6) is 0.835. The molecule has 2 fully saturated rings. The Hall–Kier alpha value is -2.86. The first kappa shape index (κ1) is 20.1. The van der Waals surface area contributed by atoms with Gasteiger partial charge in [-0.25, -0.2) is 0 Å². The van der Waals surface area contributed by atoms with Gasteiger partial charge in [0.25, 0.3) is 0 Å². The van der Waals surface area contributed by atoms with Gasteiger partial charge in [0.05, 0.1) is 31.0 Å². The summed E-state index contributed by atoms with van der Waals surface area (Å²) >= 11 is 0. The Balaban J connectivity index is 1.39. The average Bonchev–Trinajstić information content (AvgIpc) is 3.49. The van der Waals surface area contributed by atoms with Crippen LogP contribution in [0.1, 0.15) is 36.8 Å². The zero-order valence-electron chi connectivity index (χ0n) is 18.4. The highest BCUT2D eigenvalue weighted by Gasteiger charge is 2.67. The van der Waals surface area contributed by atoms with Crippen LogP contribution in [0.3, 0.4) is 0 Å². The lowest BCUT2D eigenvalue weighted by Crippen LogP contribution is -2.44. The van der Waals surface area contributed by atoms with E-state index in [1.54, 1.807) is 16.8 Å². The standard InChI is InChI=1S/C25H28N2O4/c1-15(2)17-6-8-18(9-7-17)27-14-25-12-11-20(31-25)21(22(25)24(27)29)23(28)26(4)13-19-10-5-16(3)30-19/h5-12,15,20-22H,13-14H2,1-4H3/t20-,21?,22?,25-/m1/s1. The monoisotopic (exact) mass is 420 g/mol. The number of carbonyl (C=O) groups is 2. The van der Waals surface area contributed by atoms with Crippen molar-refractivity contribution in [2.24, 2.45) is 11.8 Å². The van der Waals surface area contributed by atoms with Gasteiger partial charge in [-0.15, -0.1) is 0 Å². The van der Waals surface area contributed by atoms with Gasteiger partial charge in [0.1, 0.15) is 17.1 Å². The molecule has 0 saturated carbocycles. The fraction of sp³-hybridized carbons (Fsp3) is 0.440. The van der Waals surface area contributed by atoms with E-state index in [9.17, 15) is 9.59 Å². The fourth-order valence-corrected chi connectivity index (χ4v) is 5.17. The predicted molar refractivity (Wildman–Crippen MR) is 117 cm³/mol. The lowest BCUT2D eigenvalue weighted by Gasteiger charge is -2.27. The minimum atomic E-state index is -0.721. The second kappa shape index (κ2) is 7.09. The second-order valence-electron chi connectivity index (χ2n) is 9.28. The van der Waals surface area contributed by atoms with Gasteiger partial charge in [-0.2, -0.15) is 0 Å². The molecule has 4 atom stereocenters. The van der Waals surface area contributed by atoms with Crippen LogP contribution in [0.5, 0.6) is 0 Å². The van der Waals surface area contributed by atoms with E-state index < -0.39 is 17.4 Å². The normalized spacial score (nSPS) is 28.6. The summed E-state index contributed by atoms with van der Waals surface area (Å²) in [6, 6.07) is 11.9. The minimum absolute atomic E-state index is 0.0373. The molecule has 2 aromatic rings. The number of carbonyl (C=O) groups excluding carboxylic acids is 2. The molecule has 31 heavy (non-hydrogen) atoms. The van der Waals surface area contributed by atoms with Crippen LogP contribution in [0.15, 0.2) is 53.0 Å². The third-order valence-electron chi connectivity index (χ3n) is 6.82. The summed E-state index contributed by atoms with van der Waals surface area (Å²) < 4.78 is 11.9. The number of furan rings is 1. The Morgan fingerprint density at radius 3 is 2.61 bits per heavy atom. The molecule has 2 unspecified atom stereocenters. The number of fused-ring (bicyclic) bond motifs is 1. The topological polar surface area (TPSA) is 63.0 Å². The van der Waals surface area contributed by atoms with Crippen molar-refractivity contribution >= 4 is 17.5 Å². The first-order valence-corrected chi connectivity index (χ1v) is 10.9. The van der Waals surface area contributed by atoms with E-state index in [1.807, 2.05) is 43.3 Å². The van der Waals surface area contributed by atoms with Gasteiger partial charge in [-0.1, -0.05) is 38.1 Å². The minimum Gasteiger partial charge on any atom is -0.464 e. The highest BCUT2D eigenvalue weighted by Crippen LogP contribution is 2.53. The molecule has 3 aliphatic rings. The van der Waals surface area contributed by atoms with Crippen molar-refractivity contribution in [3.8, 4) is 0 Å². The lowest BCUT2D eigenvalue weighted by atomic mass is 9.76. The summed E-state index contributed by atoms with van der Waals surface area (Å²) in [6.45, 7) is 6.98. The van der Waals surface area contributed by atoms with Gasteiger partial charge < -0.3 is 19.0 Å². The highest BCUT2D eigenvalue weighted by atomic mass is 16.5. The summed E-state index contributed by atoms with van der Waals surface area (Å²) in [5.41, 5.74) is 1.36. The first-order valence-electron chi connectivity index (χ1n) is 10.9. The van der Waals surface area contributed by atoms with Crippen molar-refractivity contribution < 1.29 is 18.7 Å². The van der Waals surface area contributed by atoms with Crippen LogP contribution in [0.25, 0.3) is 0 Å². The number of nitrogens with zero attached hydrogens (tertiary/aromatic N) is 2. The van der Waals surface area contributed by atoms with Crippen LogP contribution in [-0.2, 0) is 20.9 Å². The molecule has 1 aromatic heterocycles. The van der Waals surface area contributed by atoms with Gasteiger partial charge in [0, 0.05) is 12.7 Å². The molecule has 5 rings (SSSR count). The van der Waals surface area contributed by atoms with E-state index >= 15 is 0 Å². The number of anilines is 1. The zero-order valence-corrected chi connectivity index (χ0v) is 18.4. The maximum atomic E-state index is 13.5. The van der Waals surface area contributed by atoms with Crippen LogP contribution in [0.2, 0.25) is 0 Å². The van der Waals surface area contributed by atoms with Crippen LogP contribution in [-0.4, -0.2) is 42.0 Å². The molecule has 0 radical (unpaired) electrons. The second-order valence-corrected chi connectivity index (χ2v) is 9.28. The number of aryl methyl sites for hydroxylation is 1. The van der Waals surface area contributed by atoms with E-state index in [4.69, 9.17) is 9.15 Å². The van der Waals surface area contributed by atoms with Crippen LogP contribution < -0.4 is 4.90 Å². The van der Waals surface area contributed by atoms with Crippen LogP contribution >= 0.6 is 0 Å². The molecule has 3 aliphatic heterocycles. The number of rotatable bonds is 5. The van der Waals surface area contributed by atoms with E-state index in [-0.39, 0.29) is 17.9 Å². The summed E-state index contributed by atoms with van der Waals surface area (Å²) in [5, 5.41) is 0. The van der Waals surface area contributed by atoms with Crippen molar-refractivity contribution in [1.82, 2.24) is 4.90 Å². The Kier molecular flexibility index (Phi) is 4.59. The average molecular weight is 421 g/mol. The van der Waals surface area contributed by atoms with Gasteiger partial charge in [-0.05, 0) is 42.7 Å². The third kappa shape index (κ3) is 3.12. The maximum absolute atomic E-state index is 13.5. The molecular weight excluding hydrogens is 392 g/mol. The van der Waals surface area contributed by atoms with E-state index in [1.165, 1.54) is 5.56 Å². The van der Waals surface area contributed by atoms with Gasteiger partial charge in [-0.3, -0.25) is 9.59 Å². The smallest absolute Gasteiger partial charge is 0.234 e. The van der Waals surface area contributed by atoms with Crippen molar-refractivity contribution in [3.05, 3.63) is 65.6 Å². The molecule has 2 bridgehead atoms. The number of hydrogen-bond acceptors (Lipinski definition) is 4. The van der Waals surface area contributed by atoms with Gasteiger partial charge in [0.15, 0.2) is 0 Å². The third-order valence-corrected chi connectivity index (χ3v) is 6.82. The molecule has 0 aliphatic carbocycles. The molecule has 6 nitrogen and oxygen atoms in total.